The summed E-state index contributed by atoms with van der Waals surface area (Å²) in [6, 6.07) is 0. The van der Waals surface area contributed by atoms with Crippen LogP contribution in [0.3, 0.4) is 0 Å². The van der Waals surface area contributed by atoms with Crippen molar-refractivity contribution in [2.45, 2.75) is 53.0 Å². The molecular formula is C13H25NO3. The Morgan fingerprint density at radius 1 is 1.29 bits per heavy atom. The molecule has 0 heterocycles. The van der Waals surface area contributed by atoms with Crippen LogP contribution in [0.5, 0.6) is 0 Å². The molecule has 0 aliphatic rings. The van der Waals surface area contributed by atoms with Crippen molar-refractivity contribution in [1.29, 1.82) is 0 Å². The molecule has 1 amide bonds. The van der Waals surface area contributed by atoms with Crippen LogP contribution < -0.4 is 5.32 Å². The fourth-order valence-electron chi connectivity index (χ4n) is 1.63. The smallest absolute Gasteiger partial charge is 0.331 e. The van der Waals surface area contributed by atoms with Gasteiger partial charge in [0.15, 0.2) is 0 Å². The molecule has 4 heteroatoms. The van der Waals surface area contributed by atoms with Crippen LogP contribution in [0.1, 0.15) is 47.5 Å². The van der Waals surface area contributed by atoms with E-state index in [0.717, 1.165) is 6.42 Å². The van der Waals surface area contributed by atoms with E-state index >= 15 is 0 Å². The predicted molar refractivity (Wildman–Crippen MR) is 67.5 cm³/mol. The lowest BCUT2D eigenvalue weighted by atomic mass is 9.92. The zero-order chi connectivity index (χ0) is 13.6. The SMILES string of the molecule is CCCC(C)(NC(=O)C(C)C(C)C)C(=O)OC. The first-order valence-corrected chi connectivity index (χ1v) is 6.19. The van der Waals surface area contributed by atoms with E-state index in [0.29, 0.717) is 6.42 Å². The summed E-state index contributed by atoms with van der Waals surface area (Å²) in [6.45, 7) is 9.52. The van der Waals surface area contributed by atoms with E-state index in [1.54, 1.807) is 6.92 Å². The number of hydrogen-bond acceptors (Lipinski definition) is 3. The molecule has 17 heavy (non-hydrogen) atoms. The summed E-state index contributed by atoms with van der Waals surface area (Å²) >= 11 is 0. The summed E-state index contributed by atoms with van der Waals surface area (Å²) in [6.07, 6.45) is 1.39. The van der Waals surface area contributed by atoms with Crippen molar-refractivity contribution in [1.82, 2.24) is 5.32 Å². The van der Waals surface area contributed by atoms with Crippen LogP contribution in [0.2, 0.25) is 0 Å². The van der Waals surface area contributed by atoms with E-state index in [4.69, 9.17) is 4.74 Å². The van der Waals surface area contributed by atoms with Crippen LogP contribution in [0.25, 0.3) is 0 Å². The summed E-state index contributed by atoms with van der Waals surface area (Å²) in [5.41, 5.74) is -0.913. The van der Waals surface area contributed by atoms with E-state index in [-0.39, 0.29) is 23.7 Å². The summed E-state index contributed by atoms with van der Waals surface area (Å²) < 4.78 is 4.76. The number of hydrogen-bond donors (Lipinski definition) is 1. The topological polar surface area (TPSA) is 55.4 Å². The minimum atomic E-state index is -0.913. The summed E-state index contributed by atoms with van der Waals surface area (Å²) in [7, 11) is 1.34. The lowest BCUT2D eigenvalue weighted by Crippen LogP contribution is -2.54. The average Bonchev–Trinajstić information content (AvgIpc) is 2.26. The minimum Gasteiger partial charge on any atom is -0.467 e. The number of carbonyl (C=O) groups is 2. The highest BCUT2D eigenvalue weighted by atomic mass is 16.5. The van der Waals surface area contributed by atoms with Gasteiger partial charge in [-0.15, -0.1) is 0 Å². The summed E-state index contributed by atoms with van der Waals surface area (Å²) in [5.74, 6) is -0.348. The van der Waals surface area contributed by atoms with E-state index in [1.807, 2.05) is 27.7 Å². The maximum atomic E-state index is 12.0. The second-order valence-corrected chi connectivity index (χ2v) is 5.10. The van der Waals surface area contributed by atoms with Crippen LogP contribution in [0, 0.1) is 11.8 Å². The van der Waals surface area contributed by atoms with E-state index in [2.05, 4.69) is 5.32 Å². The Hall–Kier alpha value is -1.06. The fourth-order valence-corrected chi connectivity index (χ4v) is 1.63. The third kappa shape index (κ3) is 4.36. The number of esters is 1. The van der Waals surface area contributed by atoms with E-state index in [1.165, 1.54) is 7.11 Å². The van der Waals surface area contributed by atoms with Crippen molar-refractivity contribution in [3.8, 4) is 0 Å². The number of ether oxygens (including phenoxy) is 1. The number of carbonyl (C=O) groups excluding carboxylic acids is 2. The molecule has 0 aromatic rings. The van der Waals surface area contributed by atoms with Gasteiger partial charge in [0.05, 0.1) is 7.11 Å². The van der Waals surface area contributed by atoms with Crippen molar-refractivity contribution in [2.75, 3.05) is 7.11 Å². The Labute approximate surface area is 104 Å². The molecular weight excluding hydrogens is 218 g/mol. The molecule has 0 aromatic carbocycles. The molecule has 0 aliphatic carbocycles. The molecule has 0 fully saturated rings. The van der Waals surface area contributed by atoms with Crippen LogP contribution in [-0.2, 0) is 14.3 Å². The molecule has 2 unspecified atom stereocenters. The van der Waals surface area contributed by atoms with Gasteiger partial charge in [-0.1, -0.05) is 34.1 Å². The fraction of sp³-hybridized carbons (Fsp3) is 0.846. The Morgan fingerprint density at radius 2 is 1.82 bits per heavy atom. The summed E-state index contributed by atoms with van der Waals surface area (Å²) in [4.78, 5) is 23.7. The Bertz CT molecular complexity index is 276. The molecule has 2 atom stereocenters. The van der Waals surface area contributed by atoms with Crippen molar-refractivity contribution in [2.24, 2.45) is 11.8 Å². The van der Waals surface area contributed by atoms with Crippen molar-refractivity contribution >= 4 is 11.9 Å². The third-order valence-corrected chi connectivity index (χ3v) is 3.20. The van der Waals surface area contributed by atoms with Crippen molar-refractivity contribution in [3.05, 3.63) is 0 Å². The molecule has 0 rings (SSSR count). The van der Waals surface area contributed by atoms with Gasteiger partial charge >= 0.3 is 5.97 Å². The largest absolute Gasteiger partial charge is 0.467 e. The maximum Gasteiger partial charge on any atom is 0.331 e. The average molecular weight is 243 g/mol. The monoisotopic (exact) mass is 243 g/mol. The third-order valence-electron chi connectivity index (χ3n) is 3.20. The first kappa shape index (κ1) is 15.9. The maximum absolute atomic E-state index is 12.0. The Morgan fingerprint density at radius 3 is 2.18 bits per heavy atom. The Balaban J connectivity index is 4.76. The minimum absolute atomic E-state index is 0.0960. The van der Waals surface area contributed by atoms with Gasteiger partial charge in [0.1, 0.15) is 5.54 Å². The number of amides is 1. The van der Waals surface area contributed by atoms with Gasteiger partial charge in [-0.25, -0.2) is 4.79 Å². The van der Waals surface area contributed by atoms with Crippen LogP contribution in [0.15, 0.2) is 0 Å². The highest BCUT2D eigenvalue weighted by Crippen LogP contribution is 2.17. The first-order chi connectivity index (χ1) is 7.78. The molecule has 0 bridgehead atoms. The second-order valence-electron chi connectivity index (χ2n) is 5.10. The Kier molecular flexibility index (Phi) is 6.21. The standard InChI is InChI=1S/C13H25NO3/c1-7-8-13(5,12(16)17-6)14-11(15)10(4)9(2)3/h9-10H,7-8H2,1-6H3,(H,14,15). The zero-order valence-electron chi connectivity index (χ0n) is 11.8. The molecule has 0 spiro atoms. The lowest BCUT2D eigenvalue weighted by molar-refractivity contribution is -0.151. The molecule has 100 valence electrons. The van der Waals surface area contributed by atoms with Crippen molar-refractivity contribution < 1.29 is 14.3 Å². The molecule has 0 aliphatic heterocycles. The van der Waals surface area contributed by atoms with Crippen LogP contribution in [-0.4, -0.2) is 24.5 Å². The van der Waals surface area contributed by atoms with Gasteiger partial charge in [0.25, 0.3) is 0 Å². The molecule has 0 radical (unpaired) electrons. The quantitative estimate of drug-likeness (QED) is 0.727. The molecule has 1 N–H and O–H groups in total. The van der Waals surface area contributed by atoms with Gasteiger partial charge < -0.3 is 10.1 Å². The second kappa shape index (κ2) is 6.62. The number of nitrogens with one attached hydrogen (secondary N) is 1. The molecule has 0 aromatic heterocycles. The van der Waals surface area contributed by atoms with Crippen molar-refractivity contribution in [3.63, 3.8) is 0 Å². The number of rotatable bonds is 6. The summed E-state index contributed by atoms with van der Waals surface area (Å²) in [5, 5.41) is 2.81. The highest BCUT2D eigenvalue weighted by molar-refractivity contribution is 5.88. The molecule has 4 nitrogen and oxygen atoms in total. The van der Waals surface area contributed by atoms with Crippen LogP contribution in [0.4, 0.5) is 0 Å². The van der Waals surface area contributed by atoms with Crippen LogP contribution >= 0.6 is 0 Å². The van der Waals surface area contributed by atoms with Gasteiger partial charge in [-0.3, -0.25) is 4.79 Å². The predicted octanol–water partition coefficient (Wildman–Crippen LogP) is 2.13. The molecule has 0 saturated carbocycles. The van der Waals surface area contributed by atoms with Gasteiger partial charge in [-0.2, -0.15) is 0 Å². The van der Waals surface area contributed by atoms with Gasteiger partial charge in [0, 0.05) is 5.92 Å². The van der Waals surface area contributed by atoms with E-state index in [9.17, 15) is 9.59 Å². The number of methoxy groups -OCH3 is 1. The molecule has 0 saturated heterocycles. The highest BCUT2D eigenvalue weighted by Gasteiger charge is 2.36. The van der Waals surface area contributed by atoms with Gasteiger partial charge in [-0.05, 0) is 19.3 Å². The zero-order valence-corrected chi connectivity index (χ0v) is 11.8. The normalized spacial score (nSPS) is 16.2. The van der Waals surface area contributed by atoms with Gasteiger partial charge in [0.2, 0.25) is 5.91 Å². The lowest BCUT2D eigenvalue weighted by Gasteiger charge is -2.29. The first-order valence-electron chi connectivity index (χ1n) is 6.19. The van der Waals surface area contributed by atoms with E-state index < -0.39 is 5.54 Å².